The Bertz CT molecular complexity index is 348. The van der Waals surface area contributed by atoms with Crippen molar-refractivity contribution < 1.29 is 4.79 Å². The predicted molar refractivity (Wildman–Crippen MR) is 69.6 cm³/mol. The van der Waals surface area contributed by atoms with E-state index in [4.69, 9.17) is 0 Å². The van der Waals surface area contributed by atoms with Crippen LogP contribution in [0.1, 0.15) is 36.2 Å². The number of rotatable bonds is 6. The van der Waals surface area contributed by atoms with Crippen LogP contribution in [0, 0.1) is 0 Å². The van der Waals surface area contributed by atoms with E-state index in [1.54, 1.807) is 0 Å². The summed E-state index contributed by atoms with van der Waals surface area (Å²) in [6, 6.07) is 7.83. The van der Waals surface area contributed by atoms with Crippen molar-refractivity contribution in [3.63, 3.8) is 0 Å². The molecule has 0 radical (unpaired) electrons. The molecule has 17 heavy (non-hydrogen) atoms. The Balaban J connectivity index is 2.57. The van der Waals surface area contributed by atoms with E-state index in [-0.39, 0.29) is 11.9 Å². The first-order valence-electron chi connectivity index (χ1n) is 5.96. The molecule has 1 aromatic rings. The highest BCUT2D eigenvalue weighted by Crippen LogP contribution is 2.05. The third kappa shape index (κ3) is 4.54. The fraction of sp³-hybridized carbons (Fsp3) is 0.462. The lowest BCUT2D eigenvalue weighted by atomic mass is 10.1. The summed E-state index contributed by atoms with van der Waals surface area (Å²) in [7, 11) is 1.83. The minimum Gasteiger partial charge on any atom is -0.350 e. The molecule has 1 atom stereocenters. The summed E-state index contributed by atoms with van der Waals surface area (Å²) in [5.74, 6) is -0.00697. The molecule has 0 spiro atoms. The van der Waals surface area contributed by atoms with Gasteiger partial charge in [0.2, 0.25) is 0 Å². The van der Waals surface area contributed by atoms with Crippen LogP contribution in [-0.2, 0) is 6.54 Å². The predicted octanol–water partition coefficient (Wildman–Crippen LogP) is 1.44. The smallest absolute Gasteiger partial charge is 0.251 e. The molecule has 1 unspecified atom stereocenters. The summed E-state index contributed by atoms with van der Waals surface area (Å²) in [5, 5.41) is 2.94. The zero-order valence-corrected chi connectivity index (χ0v) is 10.7. The molecule has 0 aliphatic carbocycles. The van der Waals surface area contributed by atoms with E-state index >= 15 is 0 Å². The van der Waals surface area contributed by atoms with Crippen molar-refractivity contribution in [1.82, 2.24) is 16.2 Å². The third-order valence-corrected chi connectivity index (χ3v) is 2.68. The molecule has 3 N–H and O–H groups in total. The molecule has 4 heteroatoms. The monoisotopic (exact) mass is 235 g/mol. The molecular weight excluding hydrogens is 214 g/mol. The van der Waals surface area contributed by atoms with Crippen LogP contribution in [0.25, 0.3) is 0 Å². The lowest BCUT2D eigenvalue weighted by Crippen LogP contribution is -2.31. The molecule has 1 amide bonds. The van der Waals surface area contributed by atoms with Gasteiger partial charge < -0.3 is 5.32 Å². The van der Waals surface area contributed by atoms with Gasteiger partial charge in [0.1, 0.15) is 0 Å². The van der Waals surface area contributed by atoms with E-state index in [0.29, 0.717) is 5.56 Å². The number of hydrogen-bond donors (Lipinski definition) is 3. The van der Waals surface area contributed by atoms with Gasteiger partial charge in [-0.3, -0.25) is 15.6 Å². The number of carbonyl (C=O) groups excluding carboxylic acids is 1. The minimum absolute atomic E-state index is 0.00697. The van der Waals surface area contributed by atoms with Gasteiger partial charge >= 0.3 is 0 Å². The van der Waals surface area contributed by atoms with Crippen LogP contribution in [0.15, 0.2) is 24.3 Å². The number of amides is 1. The molecule has 0 bridgehead atoms. The van der Waals surface area contributed by atoms with E-state index in [1.165, 1.54) is 0 Å². The standard InChI is InChI=1S/C13H21N3O/c1-4-10(2)16-13(17)12-7-5-11(6-8-12)9-15-14-3/h5-8,10,14-15H,4,9H2,1-3H3,(H,16,17). The molecule has 4 nitrogen and oxygen atoms in total. The van der Waals surface area contributed by atoms with Crippen molar-refractivity contribution in [3.8, 4) is 0 Å². The highest BCUT2D eigenvalue weighted by molar-refractivity contribution is 5.94. The molecule has 1 rings (SSSR count). The quantitative estimate of drug-likeness (QED) is 0.654. The summed E-state index contributed by atoms with van der Waals surface area (Å²) in [5.41, 5.74) is 7.71. The Kier molecular flexibility index (Phi) is 5.66. The van der Waals surface area contributed by atoms with Crippen LogP contribution in [0.3, 0.4) is 0 Å². The molecule has 0 aromatic heterocycles. The van der Waals surface area contributed by atoms with Crippen molar-refractivity contribution >= 4 is 5.91 Å². The van der Waals surface area contributed by atoms with Crippen LogP contribution in [0.4, 0.5) is 0 Å². The molecule has 94 valence electrons. The summed E-state index contributed by atoms with van der Waals surface area (Å²) < 4.78 is 0. The van der Waals surface area contributed by atoms with E-state index in [1.807, 2.05) is 38.2 Å². The number of carbonyl (C=O) groups is 1. The highest BCUT2D eigenvalue weighted by atomic mass is 16.1. The minimum atomic E-state index is -0.00697. The molecule has 0 heterocycles. The highest BCUT2D eigenvalue weighted by Gasteiger charge is 2.07. The zero-order valence-electron chi connectivity index (χ0n) is 10.7. The van der Waals surface area contributed by atoms with E-state index in [0.717, 1.165) is 18.5 Å². The number of benzene rings is 1. The Morgan fingerprint density at radius 2 is 1.94 bits per heavy atom. The third-order valence-electron chi connectivity index (χ3n) is 2.68. The molecule has 0 saturated carbocycles. The molecule has 0 aliphatic rings. The van der Waals surface area contributed by atoms with Crippen LogP contribution in [0.5, 0.6) is 0 Å². The fourth-order valence-electron chi connectivity index (χ4n) is 1.37. The van der Waals surface area contributed by atoms with Crippen LogP contribution in [0.2, 0.25) is 0 Å². The first-order valence-corrected chi connectivity index (χ1v) is 5.96. The van der Waals surface area contributed by atoms with E-state index in [9.17, 15) is 4.79 Å². The number of hydrazine groups is 1. The van der Waals surface area contributed by atoms with E-state index in [2.05, 4.69) is 23.1 Å². The average Bonchev–Trinajstić information content (AvgIpc) is 2.36. The Hall–Kier alpha value is -1.39. The van der Waals surface area contributed by atoms with Crippen LogP contribution >= 0.6 is 0 Å². The first kappa shape index (κ1) is 13.7. The Labute approximate surface area is 103 Å². The molecule has 1 aromatic carbocycles. The van der Waals surface area contributed by atoms with Gasteiger partial charge in [0.05, 0.1) is 0 Å². The van der Waals surface area contributed by atoms with Gasteiger partial charge in [0.25, 0.3) is 5.91 Å². The lowest BCUT2D eigenvalue weighted by molar-refractivity contribution is 0.0939. The fourth-order valence-corrected chi connectivity index (χ4v) is 1.37. The van der Waals surface area contributed by atoms with Gasteiger partial charge in [-0.1, -0.05) is 19.1 Å². The SMILES string of the molecule is CCC(C)NC(=O)c1ccc(CNNC)cc1. The van der Waals surface area contributed by atoms with Gasteiger partial charge in [-0.05, 0) is 38.1 Å². The van der Waals surface area contributed by atoms with Gasteiger partial charge in [0.15, 0.2) is 0 Å². The first-order chi connectivity index (χ1) is 8.17. The second-order valence-electron chi connectivity index (χ2n) is 4.08. The van der Waals surface area contributed by atoms with Gasteiger partial charge in [-0.15, -0.1) is 0 Å². The topological polar surface area (TPSA) is 53.2 Å². The van der Waals surface area contributed by atoms with Crippen molar-refractivity contribution in [2.75, 3.05) is 7.05 Å². The zero-order chi connectivity index (χ0) is 12.7. The second-order valence-corrected chi connectivity index (χ2v) is 4.08. The number of nitrogens with one attached hydrogen (secondary N) is 3. The average molecular weight is 235 g/mol. The maximum atomic E-state index is 11.8. The normalized spacial score (nSPS) is 12.2. The van der Waals surface area contributed by atoms with Crippen molar-refractivity contribution in [3.05, 3.63) is 35.4 Å². The molecule has 0 aliphatic heterocycles. The molecule has 0 fully saturated rings. The Morgan fingerprint density at radius 3 is 2.47 bits per heavy atom. The van der Waals surface area contributed by atoms with Crippen molar-refractivity contribution in [2.24, 2.45) is 0 Å². The van der Waals surface area contributed by atoms with E-state index < -0.39 is 0 Å². The summed E-state index contributed by atoms with van der Waals surface area (Å²) in [4.78, 5) is 11.8. The maximum absolute atomic E-state index is 11.8. The largest absolute Gasteiger partial charge is 0.350 e. The van der Waals surface area contributed by atoms with Gasteiger partial charge in [-0.2, -0.15) is 0 Å². The summed E-state index contributed by atoms with van der Waals surface area (Å²) >= 11 is 0. The lowest BCUT2D eigenvalue weighted by Gasteiger charge is -2.11. The molecule has 0 saturated heterocycles. The van der Waals surface area contributed by atoms with Gasteiger partial charge in [-0.25, -0.2) is 0 Å². The maximum Gasteiger partial charge on any atom is 0.251 e. The Morgan fingerprint density at radius 1 is 1.29 bits per heavy atom. The van der Waals surface area contributed by atoms with Gasteiger partial charge in [0, 0.05) is 18.2 Å². The summed E-state index contributed by atoms with van der Waals surface area (Å²) in [6.45, 7) is 4.80. The van der Waals surface area contributed by atoms with Crippen LogP contribution < -0.4 is 16.2 Å². The summed E-state index contributed by atoms with van der Waals surface area (Å²) in [6.07, 6.45) is 0.940. The number of hydrogen-bond acceptors (Lipinski definition) is 3. The van der Waals surface area contributed by atoms with Crippen molar-refractivity contribution in [1.29, 1.82) is 0 Å². The second kappa shape index (κ2) is 7.04. The molecular formula is C13H21N3O. The van der Waals surface area contributed by atoms with Crippen molar-refractivity contribution in [2.45, 2.75) is 32.9 Å². The van der Waals surface area contributed by atoms with Crippen LogP contribution in [-0.4, -0.2) is 19.0 Å².